The average molecular weight is 198 g/mol. The Balaban J connectivity index is 2.28. The van der Waals surface area contributed by atoms with Gasteiger partial charge in [-0.15, -0.1) is 0 Å². The summed E-state index contributed by atoms with van der Waals surface area (Å²) in [7, 11) is -1.39. The number of allylic oxidation sites excluding steroid dienone is 4. The van der Waals surface area contributed by atoms with Crippen LogP contribution in [0.2, 0.25) is 6.04 Å². The molecule has 0 amide bonds. The minimum atomic E-state index is -1.39. The second-order valence-corrected chi connectivity index (χ2v) is 5.01. The molecule has 1 aliphatic carbocycles. The van der Waals surface area contributed by atoms with Gasteiger partial charge in [0, 0.05) is 13.2 Å². The lowest BCUT2D eigenvalue weighted by molar-refractivity contribution is 0.212. The van der Waals surface area contributed by atoms with Crippen LogP contribution in [0.1, 0.15) is 13.8 Å². The van der Waals surface area contributed by atoms with Crippen LogP contribution in [0.15, 0.2) is 24.3 Å². The van der Waals surface area contributed by atoms with E-state index in [0.717, 1.165) is 19.3 Å². The van der Waals surface area contributed by atoms with E-state index in [1.807, 2.05) is 13.8 Å². The van der Waals surface area contributed by atoms with Crippen molar-refractivity contribution in [2.45, 2.75) is 19.9 Å². The lowest BCUT2D eigenvalue weighted by Crippen LogP contribution is -2.24. The number of hydrogen-bond acceptors (Lipinski definition) is 2. The van der Waals surface area contributed by atoms with E-state index in [1.54, 1.807) is 0 Å². The van der Waals surface area contributed by atoms with Crippen LogP contribution in [0.3, 0.4) is 0 Å². The summed E-state index contributed by atoms with van der Waals surface area (Å²) < 4.78 is 11.2. The van der Waals surface area contributed by atoms with Gasteiger partial charge in [-0.2, -0.15) is 0 Å². The third kappa shape index (κ3) is 3.89. The Morgan fingerprint density at radius 1 is 1.08 bits per heavy atom. The lowest BCUT2D eigenvalue weighted by Gasteiger charge is -2.16. The predicted octanol–water partition coefficient (Wildman–Crippen LogP) is 2.02. The highest BCUT2D eigenvalue weighted by Crippen LogP contribution is 2.16. The van der Waals surface area contributed by atoms with Gasteiger partial charge < -0.3 is 8.85 Å². The van der Waals surface area contributed by atoms with Crippen molar-refractivity contribution in [3.8, 4) is 0 Å². The standard InChI is InChI=1S/C10H18O2Si/c1-3-11-13(12-4-2)9-10-7-5-6-8-10/h5-8,10,13H,3-4,9H2,1-2H3. The topological polar surface area (TPSA) is 18.5 Å². The molecule has 3 heteroatoms. The zero-order valence-electron chi connectivity index (χ0n) is 8.40. The molecular formula is C10H18O2Si. The summed E-state index contributed by atoms with van der Waals surface area (Å²) in [6.07, 6.45) is 8.60. The summed E-state index contributed by atoms with van der Waals surface area (Å²) in [6, 6.07) is 1.06. The smallest absolute Gasteiger partial charge is 0.322 e. The number of hydrogen-bond donors (Lipinski definition) is 0. The van der Waals surface area contributed by atoms with E-state index in [9.17, 15) is 0 Å². The molecule has 74 valence electrons. The fourth-order valence-corrected chi connectivity index (χ4v) is 3.28. The van der Waals surface area contributed by atoms with Crippen LogP contribution in [0.25, 0.3) is 0 Å². The zero-order valence-corrected chi connectivity index (χ0v) is 9.56. The third-order valence-electron chi connectivity index (χ3n) is 2.00. The molecule has 0 fully saturated rings. The first kappa shape index (κ1) is 10.7. The van der Waals surface area contributed by atoms with Crippen LogP contribution in [0, 0.1) is 5.92 Å². The van der Waals surface area contributed by atoms with Crippen LogP contribution >= 0.6 is 0 Å². The molecule has 0 unspecified atom stereocenters. The van der Waals surface area contributed by atoms with Gasteiger partial charge in [0.1, 0.15) is 0 Å². The predicted molar refractivity (Wildman–Crippen MR) is 57.0 cm³/mol. The summed E-state index contributed by atoms with van der Waals surface area (Å²) in [4.78, 5) is 0. The van der Waals surface area contributed by atoms with E-state index >= 15 is 0 Å². The van der Waals surface area contributed by atoms with E-state index in [1.165, 1.54) is 0 Å². The summed E-state index contributed by atoms with van der Waals surface area (Å²) in [5.74, 6) is 0.551. The summed E-state index contributed by atoms with van der Waals surface area (Å²) in [5.41, 5.74) is 0. The van der Waals surface area contributed by atoms with Crippen molar-refractivity contribution in [3.05, 3.63) is 24.3 Å². The van der Waals surface area contributed by atoms with Crippen molar-refractivity contribution in [2.24, 2.45) is 5.92 Å². The largest absolute Gasteiger partial charge is 0.397 e. The Morgan fingerprint density at radius 3 is 2.08 bits per heavy atom. The molecule has 0 saturated heterocycles. The van der Waals surface area contributed by atoms with Crippen molar-refractivity contribution in [2.75, 3.05) is 13.2 Å². The highest BCUT2D eigenvalue weighted by atomic mass is 28.3. The molecule has 0 aromatic carbocycles. The molecule has 0 bridgehead atoms. The molecule has 0 aliphatic heterocycles. The molecule has 0 radical (unpaired) electrons. The summed E-state index contributed by atoms with van der Waals surface area (Å²) >= 11 is 0. The van der Waals surface area contributed by atoms with Gasteiger partial charge >= 0.3 is 9.28 Å². The van der Waals surface area contributed by atoms with E-state index in [2.05, 4.69) is 24.3 Å². The van der Waals surface area contributed by atoms with Crippen LogP contribution in [0.4, 0.5) is 0 Å². The van der Waals surface area contributed by atoms with E-state index in [-0.39, 0.29) is 0 Å². The van der Waals surface area contributed by atoms with Crippen molar-refractivity contribution in [1.82, 2.24) is 0 Å². The SMILES string of the molecule is CCO[SiH](CC1C=CC=C1)OCC. The Bertz CT molecular complexity index is 171. The molecule has 0 saturated carbocycles. The molecule has 0 N–H and O–H groups in total. The lowest BCUT2D eigenvalue weighted by atomic mass is 10.2. The van der Waals surface area contributed by atoms with Gasteiger partial charge in [0.15, 0.2) is 0 Å². The molecule has 0 atom stereocenters. The van der Waals surface area contributed by atoms with Crippen molar-refractivity contribution >= 4 is 9.28 Å². The quantitative estimate of drug-likeness (QED) is 0.608. The minimum absolute atomic E-state index is 0.551. The average Bonchev–Trinajstić information content (AvgIpc) is 2.58. The molecule has 0 heterocycles. The molecule has 13 heavy (non-hydrogen) atoms. The van der Waals surface area contributed by atoms with E-state index < -0.39 is 9.28 Å². The molecular weight excluding hydrogens is 180 g/mol. The van der Waals surface area contributed by atoms with Crippen LogP contribution in [-0.2, 0) is 8.85 Å². The molecule has 0 spiro atoms. The van der Waals surface area contributed by atoms with Gasteiger partial charge in [0.25, 0.3) is 0 Å². The highest BCUT2D eigenvalue weighted by Gasteiger charge is 2.17. The maximum Gasteiger partial charge on any atom is 0.322 e. The fraction of sp³-hybridized carbons (Fsp3) is 0.600. The number of rotatable bonds is 6. The van der Waals surface area contributed by atoms with Gasteiger partial charge in [0.2, 0.25) is 0 Å². The van der Waals surface area contributed by atoms with Crippen molar-refractivity contribution < 1.29 is 8.85 Å². The summed E-state index contributed by atoms with van der Waals surface area (Å²) in [6.45, 7) is 5.60. The van der Waals surface area contributed by atoms with E-state index in [0.29, 0.717) is 5.92 Å². The first-order valence-corrected chi connectivity index (χ1v) is 6.71. The maximum atomic E-state index is 5.59. The molecule has 0 aromatic rings. The fourth-order valence-electron chi connectivity index (χ4n) is 1.41. The van der Waals surface area contributed by atoms with Crippen molar-refractivity contribution in [1.29, 1.82) is 0 Å². The third-order valence-corrected chi connectivity index (χ3v) is 4.34. The molecule has 0 aromatic heterocycles. The normalized spacial score (nSPS) is 16.2. The van der Waals surface area contributed by atoms with Crippen molar-refractivity contribution in [3.63, 3.8) is 0 Å². The first-order valence-electron chi connectivity index (χ1n) is 4.95. The van der Waals surface area contributed by atoms with Gasteiger partial charge in [-0.1, -0.05) is 24.3 Å². The monoisotopic (exact) mass is 198 g/mol. The Kier molecular flexibility index (Phi) is 5.04. The van der Waals surface area contributed by atoms with Crippen LogP contribution in [0.5, 0.6) is 0 Å². The van der Waals surface area contributed by atoms with Gasteiger partial charge in [-0.25, -0.2) is 0 Å². The van der Waals surface area contributed by atoms with Crippen LogP contribution < -0.4 is 0 Å². The Morgan fingerprint density at radius 2 is 1.62 bits per heavy atom. The van der Waals surface area contributed by atoms with Gasteiger partial charge in [0.05, 0.1) is 0 Å². The summed E-state index contributed by atoms with van der Waals surface area (Å²) in [5, 5.41) is 0. The highest BCUT2D eigenvalue weighted by molar-refractivity contribution is 6.44. The minimum Gasteiger partial charge on any atom is -0.397 e. The van der Waals surface area contributed by atoms with E-state index in [4.69, 9.17) is 8.85 Å². The Hall–Kier alpha value is -0.383. The second-order valence-electron chi connectivity index (χ2n) is 3.01. The second kappa shape index (κ2) is 6.13. The Labute approximate surface area is 82.1 Å². The van der Waals surface area contributed by atoms with Crippen LogP contribution in [-0.4, -0.2) is 22.5 Å². The molecule has 1 rings (SSSR count). The van der Waals surface area contributed by atoms with Gasteiger partial charge in [-0.3, -0.25) is 0 Å². The zero-order chi connectivity index (χ0) is 9.52. The van der Waals surface area contributed by atoms with Gasteiger partial charge in [-0.05, 0) is 25.8 Å². The molecule has 2 nitrogen and oxygen atoms in total. The first-order chi connectivity index (χ1) is 6.36. The molecule has 1 aliphatic rings. The maximum absolute atomic E-state index is 5.59.